The van der Waals surface area contributed by atoms with Gasteiger partial charge in [0.25, 0.3) is 0 Å². The molecule has 0 atom stereocenters. The number of aryl methyl sites for hydroxylation is 1. The number of anilines is 1. The predicted molar refractivity (Wildman–Crippen MR) is 60.8 cm³/mol. The molecule has 1 aromatic heterocycles. The van der Waals surface area contributed by atoms with E-state index in [0.29, 0.717) is 6.54 Å². The lowest BCUT2D eigenvalue weighted by molar-refractivity contribution is -0.127. The Kier molecular flexibility index (Phi) is 4.09. The number of aromatic nitrogens is 1. The maximum Gasteiger partial charge on any atom is 0.241 e. The summed E-state index contributed by atoms with van der Waals surface area (Å²) in [6, 6.07) is 1.87. The van der Waals surface area contributed by atoms with Crippen LogP contribution < -0.4 is 5.32 Å². The highest BCUT2D eigenvalue weighted by Crippen LogP contribution is 2.10. The molecule has 0 aliphatic rings. The number of amides is 1. The molecule has 1 N–H and O–H groups in total. The van der Waals surface area contributed by atoms with E-state index in [1.807, 2.05) is 19.9 Å². The molecule has 0 radical (unpaired) electrons. The van der Waals surface area contributed by atoms with Gasteiger partial charge in [-0.1, -0.05) is 0 Å². The molecule has 1 aromatic rings. The Morgan fingerprint density at radius 3 is 2.93 bits per heavy atom. The molecular formula is C11H17N3O. The van der Waals surface area contributed by atoms with Gasteiger partial charge in [0.1, 0.15) is 0 Å². The summed E-state index contributed by atoms with van der Waals surface area (Å²) in [5.41, 5.74) is 2.01. The smallest absolute Gasteiger partial charge is 0.241 e. The van der Waals surface area contributed by atoms with Crippen molar-refractivity contribution in [1.82, 2.24) is 9.88 Å². The molecule has 1 heterocycles. The summed E-state index contributed by atoms with van der Waals surface area (Å²) in [6.07, 6.45) is 3.49. The molecule has 1 amide bonds. The van der Waals surface area contributed by atoms with Crippen LogP contribution in [0.25, 0.3) is 0 Å². The van der Waals surface area contributed by atoms with Gasteiger partial charge in [0.2, 0.25) is 5.91 Å². The molecule has 82 valence electrons. The molecule has 0 fully saturated rings. The Morgan fingerprint density at radius 2 is 2.33 bits per heavy atom. The van der Waals surface area contributed by atoms with Crippen molar-refractivity contribution in [2.75, 3.05) is 25.5 Å². The molecule has 0 aliphatic carbocycles. The van der Waals surface area contributed by atoms with Gasteiger partial charge in [-0.2, -0.15) is 0 Å². The van der Waals surface area contributed by atoms with E-state index in [1.165, 1.54) is 0 Å². The molecule has 0 aromatic carbocycles. The first-order valence-corrected chi connectivity index (χ1v) is 5.03. The molecule has 0 saturated carbocycles. The lowest BCUT2D eigenvalue weighted by atomic mass is 10.2. The predicted octanol–water partition coefficient (Wildman–Crippen LogP) is 1.28. The van der Waals surface area contributed by atoms with Gasteiger partial charge in [-0.25, -0.2) is 0 Å². The van der Waals surface area contributed by atoms with Crippen molar-refractivity contribution in [3.8, 4) is 0 Å². The maximum absolute atomic E-state index is 11.5. The molecule has 0 unspecified atom stereocenters. The van der Waals surface area contributed by atoms with Gasteiger partial charge >= 0.3 is 0 Å². The average Bonchev–Trinajstić information content (AvgIpc) is 2.26. The first kappa shape index (κ1) is 11.5. The zero-order valence-electron chi connectivity index (χ0n) is 9.45. The molecule has 0 aliphatic heterocycles. The second-order valence-corrected chi connectivity index (χ2v) is 3.45. The Hall–Kier alpha value is -1.58. The number of carbonyl (C=O) groups excluding carboxylic acids is 1. The summed E-state index contributed by atoms with van der Waals surface area (Å²) < 4.78 is 0. The summed E-state index contributed by atoms with van der Waals surface area (Å²) >= 11 is 0. The van der Waals surface area contributed by atoms with E-state index >= 15 is 0 Å². The molecular weight excluding hydrogens is 190 g/mol. The largest absolute Gasteiger partial charge is 0.376 e. The quantitative estimate of drug-likeness (QED) is 0.809. The van der Waals surface area contributed by atoms with Crippen LogP contribution in [0, 0.1) is 6.92 Å². The minimum Gasteiger partial charge on any atom is -0.376 e. The van der Waals surface area contributed by atoms with Crippen molar-refractivity contribution >= 4 is 11.6 Å². The van der Waals surface area contributed by atoms with Crippen molar-refractivity contribution in [3.63, 3.8) is 0 Å². The van der Waals surface area contributed by atoms with Crippen LogP contribution in [0.3, 0.4) is 0 Å². The van der Waals surface area contributed by atoms with Crippen LogP contribution in [0.2, 0.25) is 0 Å². The zero-order valence-corrected chi connectivity index (χ0v) is 9.45. The zero-order chi connectivity index (χ0) is 11.3. The molecule has 0 saturated heterocycles. The Balaban J connectivity index is 2.51. The van der Waals surface area contributed by atoms with Crippen LogP contribution in [-0.4, -0.2) is 35.9 Å². The Bertz CT molecular complexity index is 338. The topological polar surface area (TPSA) is 45.2 Å². The molecule has 0 spiro atoms. The summed E-state index contributed by atoms with van der Waals surface area (Å²) in [4.78, 5) is 17.2. The van der Waals surface area contributed by atoms with Gasteiger partial charge in [0.05, 0.1) is 6.54 Å². The van der Waals surface area contributed by atoms with Crippen LogP contribution in [0.1, 0.15) is 12.5 Å². The monoisotopic (exact) mass is 207 g/mol. The van der Waals surface area contributed by atoms with E-state index in [2.05, 4.69) is 10.3 Å². The standard InChI is InChI=1S/C11H17N3O/c1-4-14(3)11(15)8-13-10-5-6-12-7-9(10)2/h5-7H,4,8H2,1-3H3,(H,12,13). The molecule has 4 heteroatoms. The van der Waals surface area contributed by atoms with Crippen molar-refractivity contribution in [1.29, 1.82) is 0 Å². The van der Waals surface area contributed by atoms with Gasteiger partial charge in [-0.05, 0) is 25.5 Å². The van der Waals surface area contributed by atoms with Crippen LogP contribution >= 0.6 is 0 Å². The first-order chi connectivity index (χ1) is 7.15. The summed E-state index contributed by atoms with van der Waals surface area (Å²) in [7, 11) is 1.80. The fraction of sp³-hybridized carbons (Fsp3) is 0.455. The third-order valence-corrected chi connectivity index (χ3v) is 2.35. The van der Waals surface area contributed by atoms with Crippen LogP contribution in [0.15, 0.2) is 18.5 Å². The fourth-order valence-electron chi connectivity index (χ4n) is 1.15. The Morgan fingerprint density at radius 1 is 1.60 bits per heavy atom. The van der Waals surface area contributed by atoms with E-state index < -0.39 is 0 Å². The van der Waals surface area contributed by atoms with E-state index in [9.17, 15) is 4.79 Å². The van der Waals surface area contributed by atoms with Gasteiger partial charge < -0.3 is 10.2 Å². The maximum atomic E-state index is 11.5. The fourth-order valence-corrected chi connectivity index (χ4v) is 1.15. The Labute approximate surface area is 90.3 Å². The van der Waals surface area contributed by atoms with Crippen molar-refractivity contribution in [2.45, 2.75) is 13.8 Å². The second kappa shape index (κ2) is 5.34. The van der Waals surface area contributed by atoms with E-state index in [4.69, 9.17) is 0 Å². The van der Waals surface area contributed by atoms with Crippen LogP contribution in [0.4, 0.5) is 5.69 Å². The molecule has 1 rings (SSSR count). The molecule has 15 heavy (non-hydrogen) atoms. The lowest BCUT2D eigenvalue weighted by Crippen LogP contribution is -2.31. The second-order valence-electron chi connectivity index (χ2n) is 3.45. The number of nitrogens with zero attached hydrogens (tertiary/aromatic N) is 2. The number of hydrogen-bond acceptors (Lipinski definition) is 3. The third-order valence-electron chi connectivity index (χ3n) is 2.35. The van der Waals surface area contributed by atoms with Gasteiger partial charge in [-0.3, -0.25) is 9.78 Å². The number of carbonyl (C=O) groups is 1. The number of rotatable bonds is 4. The van der Waals surface area contributed by atoms with Crippen molar-refractivity contribution in [2.24, 2.45) is 0 Å². The van der Waals surface area contributed by atoms with E-state index in [-0.39, 0.29) is 5.91 Å². The summed E-state index contributed by atoms with van der Waals surface area (Å²) in [6.45, 7) is 4.98. The number of nitrogens with one attached hydrogen (secondary N) is 1. The summed E-state index contributed by atoms with van der Waals surface area (Å²) in [5, 5.41) is 3.10. The summed E-state index contributed by atoms with van der Waals surface area (Å²) in [5.74, 6) is 0.0914. The normalized spacial score (nSPS) is 9.80. The number of likely N-dealkylation sites (N-methyl/N-ethyl adjacent to an activating group) is 1. The first-order valence-electron chi connectivity index (χ1n) is 5.03. The average molecular weight is 207 g/mol. The number of hydrogen-bond donors (Lipinski definition) is 1. The SMILES string of the molecule is CCN(C)C(=O)CNc1ccncc1C. The minimum atomic E-state index is 0.0914. The van der Waals surface area contributed by atoms with Crippen molar-refractivity contribution in [3.05, 3.63) is 24.0 Å². The van der Waals surface area contributed by atoms with Crippen molar-refractivity contribution < 1.29 is 4.79 Å². The highest BCUT2D eigenvalue weighted by atomic mass is 16.2. The van der Waals surface area contributed by atoms with Gasteiger partial charge in [0, 0.05) is 31.7 Å². The molecule has 0 bridgehead atoms. The minimum absolute atomic E-state index is 0.0914. The van der Waals surface area contributed by atoms with E-state index in [1.54, 1.807) is 24.3 Å². The van der Waals surface area contributed by atoms with E-state index in [0.717, 1.165) is 17.8 Å². The molecule has 4 nitrogen and oxygen atoms in total. The van der Waals surface area contributed by atoms with Crippen LogP contribution in [0.5, 0.6) is 0 Å². The van der Waals surface area contributed by atoms with Gasteiger partial charge in [-0.15, -0.1) is 0 Å². The van der Waals surface area contributed by atoms with Gasteiger partial charge in [0.15, 0.2) is 0 Å². The highest BCUT2D eigenvalue weighted by molar-refractivity contribution is 5.80. The highest BCUT2D eigenvalue weighted by Gasteiger charge is 2.06. The van der Waals surface area contributed by atoms with Crippen LogP contribution in [-0.2, 0) is 4.79 Å². The lowest BCUT2D eigenvalue weighted by Gasteiger charge is -2.15. The number of pyridine rings is 1. The third kappa shape index (κ3) is 3.23.